The molecule has 3 unspecified atom stereocenters. The first-order chi connectivity index (χ1) is 28.3. The molecule has 0 aliphatic carbocycles. The molecule has 0 aromatic carbocycles. The summed E-state index contributed by atoms with van der Waals surface area (Å²) >= 11 is 0. The SMILES string of the molecule is C=CCOP(=O)(OCCN)OCC(CC(CCCCCCCCCC)OC(=O)CCCCCCCCCCCCCC)NC(=O)CCCCCCCCCCCCC. The number of amides is 1. The summed E-state index contributed by atoms with van der Waals surface area (Å²) < 4.78 is 36.2. The van der Waals surface area contributed by atoms with E-state index in [1.165, 1.54) is 147 Å². The molecule has 0 rings (SSSR count). The van der Waals surface area contributed by atoms with Crippen LogP contribution in [0.1, 0.15) is 245 Å². The van der Waals surface area contributed by atoms with Crippen molar-refractivity contribution in [1.82, 2.24) is 5.32 Å². The van der Waals surface area contributed by atoms with E-state index in [4.69, 9.17) is 24.0 Å². The number of nitrogens with two attached hydrogens (primary N) is 1. The van der Waals surface area contributed by atoms with Crippen molar-refractivity contribution < 1.29 is 32.5 Å². The average Bonchev–Trinajstić information content (AvgIpc) is 3.21. The van der Waals surface area contributed by atoms with Crippen LogP contribution in [-0.4, -0.2) is 50.4 Å². The van der Waals surface area contributed by atoms with Crippen molar-refractivity contribution in [3.63, 3.8) is 0 Å². The summed E-state index contributed by atoms with van der Waals surface area (Å²) in [5.41, 5.74) is 5.62. The molecule has 10 heteroatoms. The fraction of sp³-hybridized carbons (Fsp3) is 0.917. The zero-order chi connectivity index (χ0) is 42.6. The molecule has 0 aromatic rings. The van der Waals surface area contributed by atoms with E-state index in [1.54, 1.807) is 0 Å². The molecular formula is C48H95N2O7P. The number of carbonyl (C=O) groups is 2. The number of phosphoric acid groups is 1. The third-order valence-electron chi connectivity index (χ3n) is 11.0. The Labute approximate surface area is 358 Å². The number of nitrogens with one attached hydrogen (secondary N) is 1. The lowest BCUT2D eigenvalue weighted by molar-refractivity contribution is -0.150. The largest absolute Gasteiger partial charge is 0.475 e. The fourth-order valence-corrected chi connectivity index (χ4v) is 8.63. The summed E-state index contributed by atoms with van der Waals surface area (Å²) in [5.74, 6) is -0.266. The van der Waals surface area contributed by atoms with Gasteiger partial charge in [0.2, 0.25) is 5.91 Å². The minimum atomic E-state index is -3.96. The van der Waals surface area contributed by atoms with Crippen molar-refractivity contribution in [3.8, 4) is 0 Å². The molecular weight excluding hydrogens is 748 g/mol. The predicted octanol–water partition coefficient (Wildman–Crippen LogP) is 14.4. The lowest BCUT2D eigenvalue weighted by Crippen LogP contribution is -2.41. The summed E-state index contributed by atoms with van der Waals surface area (Å²) in [4.78, 5) is 26.5. The van der Waals surface area contributed by atoms with E-state index in [0.717, 1.165) is 57.8 Å². The van der Waals surface area contributed by atoms with E-state index < -0.39 is 13.9 Å². The highest BCUT2D eigenvalue weighted by Crippen LogP contribution is 2.49. The van der Waals surface area contributed by atoms with Gasteiger partial charge >= 0.3 is 13.8 Å². The molecule has 3 atom stereocenters. The Morgan fingerprint density at radius 1 is 0.586 bits per heavy atom. The summed E-state index contributed by atoms with van der Waals surface area (Å²) in [5, 5.41) is 3.13. The van der Waals surface area contributed by atoms with Gasteiger partial charge in [-0.25, -0.2) is 4.57 Å². The number of unbranched alkanes of at least 4 members (excludes halogenated alkanes) is 28. The second-order valence-electron chi connectivity index (χ2n) is 16.7. The Morgan fingerprint density at radius 3 is 1.43 bits per heavy atom. The van der Waals surface area contributed by atoms with Crippen LogP contribution in [0.4, 0.5) is 0 Å². The van der Waals surface area contributed by atoms with Crippen LogP contribution in [-0.2, 0) is 32.5 Å². The van der Waals surface area contributed by atoms with Crippen LogP contribution in [0.5, 0.6) is 0 Å². The van der Waals surface area contributed by atoms with Gasteiger partial charge in [0.05, 0.1) is 25.9 Å². The first kappa shape index (κ1) is 56.8. The van der Waals surface area contributed by atoms with Crippen LogP contribution in [0, 0.1) is 0 Å². The van der Waals surface area contributed by atoms with E-state index in [-0.39, 0.29) is 44.3 Å². The Bertz CT molecular complexity index is 968. The monoisotopic (exact) mass is 843 g/mol. The van der Waals surface area contributed by atoms with Gasteiger partial charge in [-0.2, -0.15) is 0 Å². The van der Waals surface area contributed by atoms with E-state index >= 15 is 0 Å². The minimum Gasteiger partial charge on any atom is -0.462 e. The minimum absolute atomic E-state index is 0.00209. The first-order valence-electron chi connectivity index (χ1n) is 24.7. The van der Waals surface area contributed by atoms with E-state index in [9.17, 15) is 14.2 Å². The molecule has 0 saturated carbocycles. The maximum atomic E-state index is 13.4. The normalized spacial score (nSPS) is 13.6. The quantitative estimate of drug-likeness (QED) is 0.0268. The molecule has 0 aliphatic rings. The fourth-order valence-electron chi connectivity index (χ4n) is 7.42. The van der Waals surface area contributed by atoms with Crippen molar-refractivity contribution in [1.29, 1.82) is 0 Å². The van der Waals surface area contributed by atoms with Crippen LogP contribution < -0.4 is 11.1 Å². The molecule has 0 spiro atoms. The van der Waals surface area contributed by atoms with Crippen molar-refractivity contribution in [2.75, 3.05) is 26.4 Å². The van der Waals surface area contributed by atoms with Gasteiger partial charge in [-0.05, 0) is 25.7 Å². The number of phosphoric ester groups is 1. The van der Waals surface area contributed by atoms with Gasteiger partial charge in [-0.15, -0.1) is 6.58 Å². The van der Waals surface area contributed by atoms with Gasteiger partial charge in [0.1, 0.15) is 6.10 Å². The number of carbonyl (C=O) groups excluding carboxylic acids is 2. The number of hydrogen-bond donors (Lipinski definition) is 2. The van der Waals surface area contributed by atoms with Crippen molar-refractivity contribution in [2.45, 2.75) is 258 Å². The standard InChI is InChI=1S/C48H95N2O7P/c1-5-9-12-15-18-21-23-25-27-30-33-36-39-48(52)57-46(37-34-31-28-20-17-14-11-7-3)43-45(44-56-58(53,54-41-8-4)55-42-40-49)50-47(51)38-35-32-29-26-24-22-19-16-13-10-6-2/h8,45-46H,4-7,9-44,49H2,1-3H3,(H,50,51). The molecule has 1 amide bonds. The molecule has 0 saturated heterocycles. The summed E-state index contributed by atoms with van der Waals surface area (Å²) in [6, 6.07) is -0.541. The highest BCUT2D eigenvalue weighted by molar-refractivity contribution is 7.48. The smallest absolute Gasteiger partial charge is 0.462 e. The molecule has 344 valence electrons. The van der Waals surface area contributed by atoms with Crippen LogP contribution in [0.25, 0.3) is 0 Å². The molecule has 0 radical (unpaired) electrons. The predicted molar refractivity (Wildman–Crippen MR) is 245 cm³/mol. The summed E-state index contributed by atoms with van der Waals surface area (Å²) in [7, 11) is -3.96. The average molecular weight is 843 g/mol. The molecule has 0 fully saturated rings. The lowest BCUT2D eigenvalue weighted by Gasteiger charge is -2.26. The maximum Gasteiger partial charge on any atom is 0.475 e. The summed E-state index contributed by atoms with van der Waals surface area (Å²) in [6.45, 7) is 10.4. The lowest BCUT2D eigenvalue weighted by atomic mass is 10.0. The van der Waals surface area contributed by atoms with Crippen LogP contribution in [0.2, 0.25) is 0 Å². The molecule has 0 aromatic heterocycles. The molecule has 0 bridgehead atoms. The van der Waals surface area contributed by atoms with Crippen molar-refractivity contribution >= 4 is 19.7 Å². The molecule has 9 nitrogen and oxygen atoms in total. The maximum absolute atomic E-state index is 13.4. The Hall–Kier alpha value is -1.25. The highest BCUT2D eigenvalue weighted by atomic mass is 31.2. The number of rotatable bonds is 47. The molecule has 58 heavy (non-hydrogen) atoms. The van der Waals surface area contributed by atoms with E-state index in [2.05, 4.69) is 32.7 Å². The third kappa shape index (κ3) is 38.9. The zero-order valence-electron chi connectivity index (χ0n) is 38.4. The van der Waals surface area contributed by atoms with Gasteiger partial charge in [-0.1, -0.05) is 207 Å². The van der Waals surface area contributed by atoms with Gasteiger partial charge < -0.3 is 15.8 Å². The van der Waals surface area contributed by atoms with Crippen LogP contribution in [0.3, 0.4) is 0 Å². The number of hydrogen-bond acceptors (Lipinski definition) is 8. The van der Waals surface area contributed by atoms with Gasteiger partial charge in [0.25, 0.3) is 0 Å². The Balaban J connectivity index is 5.30. The second-order valence-corrected chi connectivity index (χ2v) is 18.4. The van der Waals surface area contributed by atoms with Gasteiger partial charge in [0.15, 0.2) is 0 Å². The Morgan fingerprint density at radius 2 is 1.00 bits per heavy atom. The molecule has 3 N–H and O–H groups in total. The van der Waals surface area contributed by atoms with Crippen molar-refractivity contribution in [3.05, 3.63) is 12.7 Å². The third-order valence-corrected chi connectivity index (χ3v) is 12.4. The van der Waals surface area contributed by atoms with E-state index in [1.807, 2.05) is 0 Å². The van der Waals surface area contributed by atoms with Gasteiger partial charge in [0, 0.05) is 25.8 Å². The van der Waals surface area contributed by atoms with Crippen LogP contribution in [0.15, 0.2) is 12.7 Å². The Kier molecular flexibility index (Phi) is 42.9. The first-order valence-corrected chi connectivity index (χ1v) is 26.1. The van der Waals surface area contributed by atoms with E-state index in [0.29, 0.717) is 25.7 Å². The number of ether oxygens (including phenoxy) is 1. The zero-order valence-corrected chi connectivity index (χ0v) is 39.3. The topological polar surface area (TPSA) is 126 Å². The number of esters is 1. The highest BCUT2D eigenvalue weighted by Gasteiger charge is 2.30. The van der Waals surface area contributed by atoms with Crippen LogP contribution >= 0.6 is 7.82 Å². The second kappa shape index (κ2) is 43.8. The van der Waals surface area contributed by atoms with Crippen molar-refractivity contribution in [2.24, 2.45) is 5.73 Å². The van der Waals surface area contributed by atoms with Gasteiger partial charge in [-0.3, -0.25) is 23.2 Å². The summed E-state index contributed by atoms with van der Waals surface area (Å²) in [6.07, 6.45) is 40.6. The molecule has 0 aliphatic heterocycles. The molecule has 0 heterocycles.